The third-order valence-corrected chi connectivity index (χ3v) is 1.66. The lowest BCUT2D eigenvalue weighted by atomic mass is 10.3. The number of methoxy groups -OCH3 is 1. The lowest BCUT2D eigenvalue weighted by Crippen LogP contribution is -2.09. The predicted molar refractivity (Wildman–Crippen MR) is 68.8 cm³/mol. The van der Waals surface area contributed by atoms with E-state index in [1.807, 2.05) is 39.8 Å². The monoisotopic (exact) mass is 225 g/mol. The van der Waals surface area contributed by atoms with E-state index < -0.39 is 0 Å². The van der Waals surface area contributed by atoms with Gasteiger partial charge in [-0.1, -0.05) is 0 Å². The van der Waals surface area contributed by atoms with Crippen LogP contribution in [-0.2, 0) is 4.74 Å². The van der Waals surface area contributed by atoms with E-state index >= 15 is 0 Å². The Labute approximate surface area is 98.6 Å². The van der Waals surface area contributed by atoms with Gasteiger partial charge in [0.15, 0.2) is 0 Å². The summed E-state index contributed by atoms with van der Waals surface area (Å²) in [5, 5.41) is 0. The van der Waals surface area contributed by atoms with Gasteiger partial charge in [-0.25, -0.2) is 0 Å². The summed E-state index contributed by atoms with van der Waals surface area (Å²) < 4.78 is 10.2. The molecule has 0 aliphatic rings. The second kappa shape index (κ2) is 7.99. The molecular weight excluding hydrogens is 202 g/mol. The van der Waals surface area contributed by atoms with Gasteiger partial charge in [0.1, 0.15) is 5.75 Å². The Balaban J connectivity index is 0.000000293. The van der Waals surface area contributed by atoms with Crippen LogP contribution in [0.1, 0.15) is 27.7 Å². The molecule has 0 amide bonds. The molecule has 16 heavy (non-hydrogen) atoms. The molecule has 0 unspecified atom stereocenters. The summed E-state index contributed by atoms with van der Waals surface area (Å²) in [5.41, 5.74) is 6.19. The SMILES string of the molecule is CC(C)OC(C)C.COc1ccc(N)cc1. The maximum atomic E-state index is 5.43. The molecule has 0 saturated carbocycles. The highest BCUT2D eigenvalue weighted by Crippen LogP contribution is 2.11. The fraction of sp³-hybridized carbons (Fsp3) is 0.538. The first-order chi connectivity index (χ1) is 7.45. The number of hydrogen-bond donors (Lipinski definition) is 1. The van der Waals surface area contributed by atoms with Crippen LogP contribution in [0.25, 0.3) is 0 Å². The van der Waals surface area contributed by atoms with Crippen LogP contribution >= 0.6 is 0 Å². The standard InChI is InChI=1S/C7H9NO.C6H14O/c1-9-7-4-2-6(8)3-5-7;1-5(2)7-6(3)4/h2-5H,8H2,1H3;5-6H,1-4H3. The molecule has 2 N–H and O–H groups in total. The number of nitrogen functional groups attached to an aromatic ring is 1. The van der Waals surface area contributed by atoms with Crippen molar-refractivity contribution >= 4 is 5.69 Å². The van der Waals surface area contributed by atoms with Crippen LogP contribution in [0, 0.1) is 0 Å². The van der Waals surface area contributed by atoms with Crippen LogP contribution in [0.2, 0.25) is 0 Å². The molecule has 3 heteroatoms. The zero-order valence-electron chi connectivity index (χ0n) is 10.9. The molecule has 0 bridgehead atoms. The Morgan fingerprint density at radius 3 is 1.62 bits per heavy atom. The van der Waals surface area contributed by atoms with Crippen molar-refractivity contribution in [2.24, 2.45) is 0 Å². The summed E-state index contributed by atoms with van der Waals surface area (Å²) in [4.78, 5) is 0. The fourth-order valence-corrected chi connectivity index (χ4v) is 1.15. The van der Waals surface area contributed by atoms with Crippen molar-refractivity contribution in [1.29, 1.82) is 0 Å². The first kappa shape index (κ1) is 14.8. The minimum absolute atomic E-state index is 0.375. The maximum absolute atomic E-state index is 5.43. The van der Waals surface area contributed by atoms with Crippen molar-refractivity contribution in [3.63, 3.8) is 0 Å². The summed E-state index contributed by atoms with van der Waals surface area (Å²) in [6.07, 6.45) is 0.750. The highest BCUT2D eigenvalue weighted by Gasteiger charge is 1.94. The third kappa shape index (κ3) is 8.12. The van der Waals surface area contributed by atoms with E-state index in [1.54, 1.807) is 19.2 Å². The Bertz CT molecular complexity index is 262. The van der Waals surface area contributed by atoms with E-state index in [0.29, 0.717) is 12.2 Å². The molecule has 0 heterocycles. The molecule has 0 aromatic heterocycles. The van der Waals surface area contributed by atoms with Gasteiger partial charge >= 0.3 is 0 Å². The predicted octanol–water partition coefficient (Wildman–Crippen LogP) is 3.10. The average Bonchev–Trinajstić information content (AvgIpc) is 2.17. The first-order valence-electron chi connectivity index (χ1n) is 5.50. The molecule has 1 aromatic rings. The van der Waals surface area contributed by atoms with E-state index in [2.05, 4.69) is 0 Å². The van der Waals surface area contributed by atoms with Gasteiger partial charge in [-0.15, -0.1) is 0 Å². The molecular formula is C13H23NO2. The second-order valence-electron chi connectivity index (χ2n) is 4.01. The number of benzene rings is 1. The molecule has 0 atom stereocenters. The molecule has 0 spiro atoms. The number of hydrogen-bond acceptors (Lipinski definition) is 3. The van der Waals surface area contributed by atoms with E-state index in [4.69, 9.17) is 15.2 Å². The highest BCUT2D eigenvalue weighted by molar-refractivity contribution is 5.41. The number of anilines is 1. The van der Waals surface area contributed by atoms with Crippen molar-refractivity contribution < 1.29 is 9.47 Å². The topological polar surface area (TPSA) is 44.5 Å². The Kier molecular flexibility index (Phi) is 7.38. The maximum Gasteiger partial charge on any atom is 0.119 e. The van der Waals surface area contributed by atoms with Crippen LogP contribution in [0.5, 0.6) is 5.75 Å². The zero-order valence-corrected chi connectivity index (χ0v) is 10.9. The minimum Gasteiger partial charge on any atom is -0.497 e. The summed E-state index contributed by atoms with van der Waals surface area (Å²) >= 11 is 0. The Morgan fingerprint density at radius 2 is 1.38 bits per heavy atom. The normalized spacial score (nSPS) is 9.94. The van der Waals surface area contributed by atoms with E-state index in [9.17, 15) is 0 Å². The van der Waals surface area contributed by atoms with Gasteiger partial charge in [0, 0.05) is 5.69 Å². The van der Waals surface area contributed by atoms with E-state index in [1.165, 1.54) is 0 Å². The van der Waals surface area contributed by atoms with Gasteiger partial charge in [-0.3, -0.25) is 0 Å². The first-order valence-corrected chi connectivity index (χ1v) is 5.50. The summed E-state index contributed by atoms with van der Waals surface area (Å²) in [6, 6.07) is 7.27. The number of nitrogens with two attached hydrogens (primary N) is 1. The Morgan fingerprint density at radius 1 is 0.938 bits per heavy atom. The molecule has 92 valence electrons. The van der Waals surface area contributed by atoms with Gasteiger partial charge in [0.2, 0.25) is 0 Å². The fourth-order valence-electron chi connectivity index (χ4n) is 1.15. The van der Waals surface area contributed by atoms with Crippen LogP contribution in [0.3, 0.4) is 0 Å². The van der Waals surface area contributed by atoms with Gasteiger partial charge in [-0.05, 0) is 52.0 Å². The largest absolute Gasteiger partial charge is 0.497 e. The van der Waals surface area contributed by atoms with Crippen molar-refractivity contribution in [1.82, 2.24) is 0 Å². The lowest BCUT2D eigenvalue weighted by molar-refractivity contribution is 0.0300. The van der Waals surface area contributed by atoms with Crippen LogP contribution in [0.15, 0.2) is 24.3 Å². The van der Waals surface area contributed by atoms with Gasteiger partial charge < -0.3 is 15.2 Å². The van der Waals surface area contributed by atoms with Gasteiger partial charge in [0.05, 0.1) is 19.3 Å². The molecule has 0 radical (unpaired) electrons. The molecule has 1 rings (SSSR count). The zero-order chi connectivity index (χ0) is 12.6. The Hall–Kier alpha value is -1.22. The molecule has 3 nitrogen and oxygen atoms in total. The van der Waals surface area contributed by atoms with Crippen molar-refractivity contribution in [2.75, 3.05) is 12.8 Å². The van der Waals surface area contributed by atoms with Crippen molar-refractivity contribution in [3.8, 4) is 5.75 Å². The van der Waals surface area contributed by atoms with Crippen LogP contribution < -0.4 is 10.5 Å². The average molecular weight is 225 g/mol. The van der Waals surface area contributed by atoms with Crippen molar-refractivity contribution in [2.45, 2.75) is 39.9 Å². The van der Waals surface area contributed by atoms with Crippen molar-refractivity contribution in [3.05, 3.63) is 24.3 Å². The summed E-state index contributed by atoms with van der Waals surface area (Å²) in [6.45, 7) is 8.17. The third-order valence-electron chi connectivity index (χ3n) is 1.66. The van der Waals surface area contributed by atoms with Crippen LogP contribution in [-0.4, -0.2) is 19.3 Å². The second-order valence-corrected chi connectivity index (χ2v) is 4.01. The minimum atomic E-state index is 0.375. The summed E-state index contributed by atoms with van der Waals surface area (Å²) in [5.74, 6) is 0.837. The van der Waals surface area contributed by atoms with Crippen LogP contribution in [0.4, 0.5) is 5.69 Å². The van der Waals surface area contributed by atoms with Gasteiger partial charge in [-0.2, -0.15) is 0 Å². The van der Waals surface area contributed by atoms with Gasteiger partial charge in [0.25, 0.3) is 0 Å². The molecule has 1 aromatic carbocycles. The quantitative estimate of drug-likeness (QED) is 0.804. The van der Waals surface area contributed by atoms with E-state index in [0.717, 1.165) is 11.4 Å². The summed E-state index contributed by atoms with van der Waals surface area (Å²) in [7, 11) is 1.63. The van der Waals surface area contributed by atoms with E-state index in [-0.39, 0.29) is 0 Å². The molecule has 0 saturated heterocycles. The number of ether oxygens (including phenoxy) is 2. The molecule has 0 fully saturated rings. The number of rotatable bonds is 3. The molecule has 0 aliphatic carbocycles. The smallest absolute Gasteiger partial charge is 0.119 e. The highest BCUT2D eigenvalue weighted by atomic mass is 16.5. The molecule has 0 aliphatic heterocycles. The lowest BCUT2D eigenvalue weighted by Gasteiger charge is -2.09.